The van der Waals surface area contributed by atoms with Gasteiger partial charge in [-0.25, -0.2) is 14.5 Å². The largest absolute Gasteiger partial charge is 0.380 e. The summed E-state index contributed by atoms with van der Waals surface area (Å²) in [5.74, 6) is 2.08. The highest BCUT2D eigenvalue weighted by Crippen LogP contribution is 2.24. The Balaban J connectivity index is 1.56. The van der Waals surface area contributed by atoms with Gasteiger partial charge in [0.25, 0.3) is 0 Å². The van der Waals surface area contributed by atoms with E-state index in [-0.39, 0.29) is 0 Å². The van der Waals surface area contributed by atoms with E-state index in [0.717, 1.165) is 55.8 Å². The molecule has 0 radical (unpaired) electrons. The number of hydrogen-bond acceptors (Lipinski definition) is 7. The quantitative estimate of drug-likeness (QED) is 0.514. The van der Waals surface area contributed by atoms with Crippen molar-refractivity contribution in [3.05, 3.63) is 35.3 Å². The van der Waals surface area contributed by atoms with E-state index in [1.54, 1.807) is 0 Å². The Hall–Kier alpha value is -2.90. The van der Waals surface area contributed by atoms with E-state index in [0.29, 0.717) is 29.9 Å². The van der Waals surface area contributed by atoms with E-state index < -0.39 is 0 Å². The lowest BCUT2D eigenvalue weighted by molar-refractivity contribution is 0.572. The molecule has 1 aliphatic heterocycles. The van der Waals surface area contributed by atoms with Gasteiger partial charge in [0.05, 0.1) is 11.9 Å². The molecular weight excluding hydrogens is 400 g/mol. The van der Waals surface area contributed by atoms with Gasteiger partial charge in [-0.1, -0.05) is 32.8 Å². The van der Waals surface area contributed by atoms with Gasteiger partial charge >= 0.3 is 0 Å². The molecule has 0 amide bonds. The normalized spacial score (nSPS) is 14.4. The average Bonchev–Trinajstić information content (AvgIpc) is 3.18. The Morgan fingerprint density at radius 2 is 1.81 bits per heavy atom. The van der Waals surface area contributed by atoms with Gasteiger partial charge in [-0.3, -0.25) is 0 Å². The number of nitrogen functional groups attached to an aromatic ring is 1. The third-order valence-electron chi connectivity index (χ3n) is 6.21. The molecule has 1 saturated heterocycles. The highest BCUT2D eigenvalue weighted by molar-refractivity contribution is 5.61. The van der Waals surface area contributed by atoms with Crippen molar-refractivity contribution in [3.8, 4) is 0 Å². The number of anilines is 3. The van der Waals surface area contributed by atoms with Crippen LogP contribution in [0.15, 0.2) is 18.5 Å². The summed E-state index contributed by atoms with van der Waals surface area (Å²) in [5, 5.41) is 8.21. The molecule has 3 aromatic heterocycles. The summed E-state index contributed by atoms with van der Waals surface area (Å²) in [5.41, 5.74) is 10.2. The molecule has 172 valence electrons. The van der Waals surface area contributed by atoms with Crippen molar-refractivity contribution in [3.63, 3.8) is 0 Å². The zero-order valence-corrected chi connectivity index (χ0v) is 19.6. The number of nitrogens with zero attached hydrogens (tertiary/aromatic N) is 6. The van der Waals surface area contributed by atoms with Gasteiger partial charge in [-0.2, -0.15) is 4.98 Å². The number of aromatic nitrogens is 5. The summed E-state index contributed by atoms with van der Waals surface area (Å²) in [7, 11) is 0. The molecule has 0 aromatic carbocycles. The second-order valence-corrected chi connectivity index (χ2v) is 8.93. The molecule has 4 rings (SSSR count). The molecule has 8 nitrogen and oxygen atoms in total. The van der Waals surface area contributed by atoms with E-state index in [9.17, 15) is 0 Å². The molecule has 0 spiro atoms. The van der Waals surface area contributed by atoms with Gasteiger partial charge in [-0.05, 0) is 50.2 Å². The Labute approximate surface area is 190 Å². The number of hydrogen-bond donors (Lipinski definition) is 2. The molecule has 32 heavy (non-hydrogen) atoms. The molecule has 3 N–H and O–H groups in total. The molecule has 0 atom stereocenters. The number of imidazole rings is 1. The number of aryl methyl sites for hydroxylation is 1. The van der Waals surface area contributed by atoms with Crippen molar-refractivity contribution in [1.29, 1.82) is 0 Å². The highest BCUT2D eigenvalue weighted by Gasteiger charge is 2.17. The molecule has 1 aliphatic rings. The van der Waals surface area contributed by atoms with E-state index in [2.05, 4.69) is 47.0 Å². The fraction of sp³-hybridized carbons (Fsp3) is 0.583. The number of nitrogens with one attached hydrogen (secondary N) is 1. The van der Waals surface area contributed by atoms with Crippen LogP contribution in [0.3, 0.4) is 0 Å². The Kier molecular flexibility index (Phi) is 7.07. The van der Waals surface area contributed by atoms with Crippen molar-refractivity contribution in [2.45, 2.75) is 78.2 Å². The minimum absolute atomic E-state index is 0.350. The maximum absolute atomic E-state index is 6.22. The summed E-state index contributed by atoms with van der Waals surface area (Å²) in [4.78, 5) is 16.1. The fourth-order valence-electron chi connectivity index (χ4n) is 4.67. The van der Waals surface area contributed by atoms with Crippen LogP contribution in [0.5, 0.6) is 0 Å². The van der Waals surface area contributed by atoms with Crippen LogP contribution in [0.25, 0.3) is 5.65 Å². The smallest absolute Gasteiger partial charge is 0.243 e. The van der Waals surface area contributed by atoms with Gasteiger partial charge in [0.1, 0.15) is 5.82 Å². The van der Waals surface area contributed by atoms with Crippen LogP contribution in [-0.2, 0) is 6.42 Å². The molecule has 1 fully saturated rings. The zero-order chi connectivity index (χ0) is 22.5. The number of rotatable bonds is 9. The van der Waals surface area contributed by atoms with E-state index >= 15 is 0 Å². The summed E-state index contributed by atoms with van der Waals surface area (Å²) < 4.78 is 1.83. The van der Waals surface area contributed by atoms with E-state index in [1.165, 1.54) is 24.8 Å². The van der Waals surface area contributed by atoms with Crippen molar-refractivity contribution in [2.75, 3.05) is 29.0 Å². The first-order chi connectivity index (χ1) is 15.6. The molecule has 8 heteroatoms. The van der Waals surface area contributed by atoms with E-state index in [1.807, 2.05) is 16.9 Å². The minimum Gasteiger partial charge on any atom is -0.380 e. The molecule has 0 bridgehead atoms. The fourth-order valence-corrected chi connectivity index (χ4v) is 4.67. The van der Waals surface area contributed by atoms with Crippen LogP contribution in [0.1, 0.15) is 75.6 Å². The Bertz CT molecular complexity index is 1030. The first-order valence-corrected chi connectivity index (χ1v) is 12.1. The van der Waals surface area contributed by atoms with Crippen molar-refractivity contribution in [2.24, 2.45) is 0 Å². The van der Waals surface area contributed by atoms with Gasteiger partial charge in [0.2, 0.25) is 5.95 Å². The number of nitrogens with two attached hydrogens (primary N) is 1. The molecule has 0 aliphatic carbocycles. The molecule has 3 aromatic rings. The van der Waals surface area contributed by atoms with Crippen molar-refractivity contribution in [1.82, 2.24) is 24.6 Å². The standard InChI is InChI=1S/C24H36N8/c1-4-9-19(10-5-2)28-24-29-21(25)23-27-16-20(32(23)30-24)14-18-13-17(3)22(26-15-18)31-11-7-6-8-12-31/h13,15-16,19H,4-12,14H2,1-3H3,(H3,25,28,29,30). The van der Waals surface area contributed by atoms with Crippen LogP contribution in [-0.4, -0.2) is 43.7 Å². The topological polar surface area (TPSA) is 97.3 Å². The molecule has 0 saturated carbocycles. The van der Waals surface area contributed by atoms with Crippen molar-refractivity contribution >= 4 is 23.2 Å². The lowest BCUT2D eigenvalue weighted by atomic mass is 10.1. The van der Waals surface area contributed by atoms with Crippen LogP contribution >= 0.6 is 0 Å². The first kappa shape index (κ1) is 22.3. The lowest BCUT2D eigenvalue weighted by Crippen LogP contribution is -2.30. The first-order valence-electron chi connectivity index (χ1n) is 12.1. The van der Waals surface area contributed by atoms with Crippen LogP contribution < -0.4 is 16.0 Å². The number of piperidine rings is 1. The number of fused-ring (bicyclic) bond motifs is 1. The van der Waals surface area contributed by atoms with Crippen molar-refractivity contribution < 1.29 is 0 Å². The second kappa shape index (κ2) is 10.1. The highest BCUT2D eigenvalue weighted by atomic mass is 15.3. The monoisotopic (exact) mass is 436 g/mol. The maximum atomic E-state index is 6.22. The summed E-state index contributed by atoms with van der Waals surface area (Å²) in [6.45, 7) is 8.75. The van der Waals surface area contributed by atoms with Gasteiger partial charge in [0.15, 0.2) is 11.5 Å². The van der Waals surface area contributed by atoms with Gasteiger partial charge < -0.3 is 16.0 Å². The summed E-state index contributed by atoms with van der Waals surface area (Å²) in [6.07, 6.45) is 12.7. The average molecular weight is 437 g/mol. The second-order valence-electron chi connectivity index (χ2n) is 8.93. The third kappa shape index (κ3) is 4.95. The predicted molar refractivity (Wildman–Crippen MR) is 130 cm³/mol. The summed E-state index contributed by atoms with van der Waals surface area (Å²) in [6, 6.07) is 2.58. The third-order valence-corrected chi connectivity index (χ3v) is 6.21. The predicted octanol–water partition coefficient (Wildman–Crippen LogP) is 4.37. The van der Waals surface area contributed by atoms with Crippen LogP contribution in [0.2, 0.25) is 0 Å². The Morgan fingerprint density at radius 1 is 1.06 bits per heavy atom. The van der Waals surface area contributed by atoms with Gasteiger partial charge in [0, 0.05) is 31.7 Å². The summed E-state index contributed by atoms with van der Waals surface area (Å²) >= 11 is 0. The molecular formula is C24H36N8. The van der Waals surface area contributed by atoms with E-state index in [4.69, 9.17) is 15.8 Å². The zero-order valence-electron chi connectivity index (χ0n) is 19.6. The lowest BCUT2D eigenvalue weighted by Gasteiger charge is -2.29. The SMILES string of the molecule is CCCC(CCC)Nc1nc(N)c2ncc(Cc3cnc(N4CCCCC4)c(C)c3)n2n1. The van der Waals surface area contributed by atoms with Crippen LogP contribution in [0.4, 0.5) is 17.6 Å². The maximum Gasteiger partial charge on any atom is 0.243 e. The van der Waals surface area contributed by atoms with Gasteiger partial charge in [-0.15, -0.1) is 5.10 Å². The Morgan fingerprint density at radius 3 is 2.50 bits per heavy atom. The minimum atomic E-state index is 0.350. The molecule has 0 unspecified atom stereocenters. The molecule has 4 heterocycles. The number of pyridine rings is 1. The van der Waals surface area contributed by atoms with Crippen LogP contribution in [0, 0.1) is 6.92 Å².